The molecule has 0 unspecified atom stereocenters. The molecule has 0 saturated carbocycles. The summed E-state index contributed by atoms with van der Waals surface area (Å²) in [6, 6.07) is 17.3. The Morgan fingerprint density at radius 2 is 1.67 bits per heavy atom. The summed E-state index contributed by atoms with van der Waals surface area (Å²) >= 11 is 0. The molecule has 0 fully saturated rings. The van der Waals surface area contributed by atoms with Crippen LogP contribution >= 0.6 is 0 Å². The molecule has 1 N–H and O–H groups in total. The smallest absolute Gasteiger partial charge is 0.339 e. The lowest BCUT2D eigenvalue weighted by atomic mass is 10.2. The van der Waals surface area contributed by atoms with Crippen LogP contribution in [0.1, 0.15) is 36.2 Å². The van der Waals surface area contributed by atoms with Gasteiger partial charge in [0.25, 0.3) is 5.91 Å². The van der Waals surface area contributed by atoms with Gasteiger partial charge in [0.1, 0.15) is 4.90 Å². The molecule has 1 amide bonds. The first-order valence-corrected chi connectivity index (χ1v) is 12.7. The lowest BCUT2D eigenvalue weighted by Gasteiger charge is -2.12. The van der Waals surface area contributed by atoms with Gasteiger partial charge in [-0.05, 0) is 67.4 Å². The molecule has 0 atom stereocenters. The van der Waals surface area contributed by atoms with Crippen molar-refractivity contribution in [3.8, 4) is 23.0 Å². The third-order valence-corrected chi connectivity index (χ3v) is 6.01. The summed E-state index contributed by atoms with van der Waals surface area (Å²) in [5.74, 6) is 0.830. The predicted molar refractivity (Wildman–Crippen MR) is 136 cm³/mol. The molecule has 0 aromatic heterocycles. The SMILES string of the molecule is CCCOc1ccc(C(=O)N/N=C/c2ccc(OS(=O)(=O)c3ccccc3)c(OC)c2)cc1OCC. The second kappa shape index (κ2) is 12.6. The zero-order valence-electron chi connectivity index (χ0n) is 20.3. The van der Waals surface area contributed by atoms with Gasteiger partial charge in [-0.25, -0.2) is 5.43 Å². The Morgan fingerprint density at radius 1 is 0.917 bits per heavy atom. The molecule has 0 saturated heterocycles. The monoisotopic (exact) mass is 512 g/mol. The van der Waals surface area contributed by atoms with E-state index >= 15 is 0 Å². The van der Waals surface area contributed by atoms with Crippen LogP contribution in [0.15, 0.2) is 76.7 Å². The topological polar surface area (TPSA) is 113 Å². The van der Waals surface area contributed by atoms with Gasteiger partial charge in [0.05, 0.1) is 26.5 Å². The molecular formula is C26H28N2O7S. The van der Waals surface area contributed by atoms with Crippen molar-refractivity contribution in [2.24, 2.45) is 5.10 Å². The fourth-order valence-electron chi connectivity index (χ4n) is 3.07. The van der Waals surface area contributed by atoms with Gasteiger partial charge in [0.15, 0.2) is 23.0 Å². The molecule has 0 aliphatic carbocycles. The highest BCUT2D eigenvalue weighted by molar-refractivity contribution is 7.87. The number of nitrogens with zero attached hydrogens (tertiary/aromatic N) is 1. The van der Waals surface area contributed by atoms with Crippen LogP contribution in [-0.2, 0) is 10.1 Å². The maximum absolute atomic E-state index is 12.6. The van der Waals surface area contributed by atoms with Gasteiger partial charge in [0, 0.05) is 5.56 Å². The number of hydrazone groups is 1. The van der Waals surface area contributed by atoms with Crippen molar-refractivity contribution in [3.05, 3.63) is 77.9 Å². The van der Waals surface area contributed by atoms with E-state index in [4.69, 9.17) is 18.4 Å². The van der Waals surface area contributed by atoms with E-state index < -0.39 is 16.0 Å². The number of carbonyl (C=O) groups excluding carboxylic acids is 1. The Morgan fingerprint density at radius 3 is 2.36 bits per heavy atom. The second-order valence-corrected chi connectivity index (χ2v) is 8.95. The van der Waals surface area contributed by atoms with Gasteiger partial charge >= 0.3 is 10.1 Å². The number of hydrogen-bond donors (Lipinski definition) is 1. The summed E-state index contributed by atoms with van der Waals surface area (Å²) in [5.41, 5.74) is 3.36. The normalized spacial score (nSPS) is 11.2. The fourth-order valence-corrected chi connectivity index (χ4v) is 4.03. The summed E-state index contributed by atoms with van der Waals surface area (Å²) in [4.78, 5) is 12.6. The summed E-state index contributed by atoms with van der Waals surface area (Å²) in [7, 11) is -2.63. The van der Waals surface area contributed by atoms with Gasteiger partial charge in [-0.15, -0.1) is 0 Å². The lowest BCUT2D eigenvalue weighted by molar-refractivity contribution is 0.0954. The van der Waals surface area contributed by atoms with Crippen LogP contribution in [0.2, 0.25) is 0 Å². The van der Waals surface area contributed by atoms with Gasteiger partial charge in [-0.3, -0.25) is 4.79 Å². The third-order valence-electron chi connectivity index (χ3n) is 4.77. The Hall–Kier alpha value is -4.05. The lowest BCUT2D eigenvalue weighted by Crippen LogP contribution is -2.17. The molecule has 190 valence electrons. The number of hydrogen-bond acceptors (Lipinski definition) is 8. The van der Waals surface area contributed by atoms with Crippen molar-refractivity contribution < 1.29 is 31.6 Å². The Bertz CT molecular complexity index is 1310. The Kier molecular flexibility index (Phi) is 9.29. The van der Waals surface area contributed by atoms with E-state index in [-0.39, 0.29) is 16.4 Å². The van der Waals surface area contributed by atoms with Crippen LogP contribution in [0.25, 0.3) is 0 Å². The number of rotatable bonds is 12. The van der Waals surface area contributed by atoms with Gasteiger partial charge in [-0.2, -0.15) is 13.5 Å². The molecule has 0 spiro atoms. The standard InChI is InChI=1S/C26H28N2O7S/c1-4-15-34-22-14-12-20(17-25(22)33-5-2)26(29)28-27-18-19-11-13-23(24(16-19)32-3)35-36(30,31)21-9-7-6-8-10-21/h6-14,16-18H,4-5,15H2,1-3H3,(H,28,29)/b27-18+. The van der Waals surface area contributed by atoms with Crippen molar-refractivity contribution in [2.75, 3.05) is 20.3 Å². The largest absolute Gasteiger partial charge is 0.493 e. The van der Waals surface area contributed by atoms with E-state index in [1.165, 1.54) is 31.5 Å². The zero-order valence-corrected chi connectivity index (χ0v) is 21.1. The van der Waals surface area contributed by atoms with Crippen LogP contribution in [-0.4, -0.2) is 40.9 Å². The van der Waals surface area contributed by atoms with Crippen LogP contribution in [0.5, 0.6) is 23.0 Å². The molecule has 3 rings (SSSR count). The van der Waals surface area contributed by atoms with Crippen LogP contribution in [0.3, 0.4) is 0 Å². The molecule has 0 aliphatic rings. The van der Waals surface area contributed by atoms with E-state index in [0.717, 1.165) is 6.42 Å². The van der Waals surface area contributed by atoms with E-state index in [9.17, 15) is 13.2 Å². The summed E-state index contributed by atoms with van der Waals surface area (Å²) in [6.07, 6.45) is 2.25. The first-order valence-electron chi connectivity index (χ1n) is 11.3. The van der Waals surface area contributed by atoms with Crippen molar-refractivity contribution in [1.29, 1.82) is 0 Å². The third kappa shape index (κ3) is 6.98. The molecule has 36 heavy (non-hydrogen) atoms. The van der Waals surface area contributed by atoms with Gasteiger partial charge in [-0.1, -0.05) is 25.1 Å². The summed E-state index contributed by atoms with van der Waals surface area (Å²) < 4.78 is 46.8. The number of ether oxygens (including phenoxy) is 3. The minimum Gasteiger partial charge on any atom is -0.493 e. The molecule has 0 radical (unpaired) electrons. The van der Waals surface area contributed by atoms with E-state index in [2.05, 4.69) is 10.5 Å². The van der Waals surface area contributed by atoms with Crippen molar-refractivity contribution in [2.45, 2.75) is 25.2 Å². The maximum Gasteiger partial charge on any atom is 0.339 e. The van der Waals surface area contributed by atoms with Crippen molar-refractivity contribution in [1.82, 2.24) is 5.43 Å². The van der Waals surface area contributed by atoms with Crippen molar-refractivity contribution in [3.63, 3.8) is 0 Å². The average molecular weight is 513 g/mol. The van der Waals surface area contributed by atoms with Gasteiger partial charge < -0.3 is 18.4 Å². The van der Waals surface area contributed by atoms with Crippen molar-refractivity contribution >= 4 is 22.2 Å². The van der Waals surface area contributed by atoms with Crippen LogP contribution in [0, 0.1) is 0 Å². The highest BCUT2D eigenvalue weighted by Crippen LogP contribution is 2.31. The maximum atomic E-state index is 12.6. The van der Waals surface area contributed by atoms with Gasteiger partial charge in [0.2, 0.25) is 0 Å². The summed E-state index contributed by atoms with van der Waals surface area (Å²) in [5, 5.41) is 3.98. The zero-order chi connectivity index (χ0) is 26.0. The molecule has 3 aromatic carbocycles. The highest BCUT2D eigenvalue weighted by Gasteiger charge is 2.19. The molecular weight excluding hydrogens is 484 g/mol. The number of benzene rings is 3. The number of nitrogens with one attached hydrogen (secondary N) is 1. The molecule has 0 heterocycles. The average Bonchev–Trinajstić information content (AvgIpc) is 2.89. The van der Waals surface area contributed by atoms with Crippen LogP contribution in [0.4, 0.5) is 0 Å². The molecule has 3 aromatic rings. The predicted octanol–water partition coefficient (Wildman–Crippen LogP) is 4.41. The molecule has 0 bridgehead atoms. The number of amides is 1. The quantitative estimate of drug-likeness (QED) is 0.217. The Balaban J connectivity index is 1.69. The minimum atomic E-state index is -4.02. The highest BCUT2D eigenvalue weighted by atomic mass is 32.2. The number of methoxy groups -OCH3 is 1. The summed E-state index contributed by atoms with van der Waals surface area (Å²) in [6.45, 7) is 4.83. The fraction of sp³-hybridized carbons (Fsp3) is 0.231. The number of carbonyl (C=O) groups is 1. The van der Waals surface area contributed by atoms with E-state index in [1.807, 2.05) is 13.8 Å². The minimum absolute atomic E-state index is 0.0244. The Labute approximate surface area is 210 Å². The molecule has 0 aliphatic heterocycles. The molecule has 10 heteroatoms. The first kappa shape index (κ1) is 26.6. The van der Waals surface area contributed by atoms with Crippen LogP contribution < -0.4 is 23.8 Å². The molecule has 9 nitrogen and oxygen atoms in total. The van der Waals surface area contributed by atoms with E-state index in [0.29, 0.717) is 35.8 Å². The van der Waals surface area contributed by atoms with E-state index in [1.54, 1.807) is 48.5 Å². The first-order chi connectivity index (χ1) is 17.4. The second-order valence-electron chi connectivity index (χ2n) is 7.40.